The number of rotatable bonds is 8. The summed E-state index contributed by atoms with van der Waals surface area (Å²) in [5, 5.41) is 12.1. The number of nitrogens with zero attached hydrogens (tertiary/aromatic N) is 1. The SMILES string of the molecule is COc1ccc(CNC(=O)[C@H]2CC(=O)N(CCc3ccccc3)C2)cc1C(=O)O. The van der Waals surface area contributed by atoms with E-state index in [-0.39, 0.29) is 36.1 Å². The second-order valence-electron chi connectivity index (χ2n) is 7.03. The van der Waals surface area contributed by atoms with Gasteiger partial charge in [0.2, 0.25) is 11.8 Å². The third-order valence-electron chi connectivity index (χ3n) is 5.06. The topological polar surface area (TPSA) is 95.9 Å². The maximum Gasteiger partial charge on any atom is 0.339 e. The number of carboxylic acids is 1. The summed E-state index contributed by atoms with van der Waals surface area (Å²) >= 11 is 0. The average Bonchev–Trinajstić information content (AvgIpc) is 3.11. The Morgan fingerprint density at radius 2 is 1.93 bits per heavy atom. The van der Waals surface area contributed by atoms with Crippen LogP contribution >= 0.6 is 0 Å². The van der Waals surface area contributed by atoms with Crippen molar-refractivity contribution in [3.8, 4) is 5.75 Å². The van der Waals surface area contributed by atoms with Gasteiger partial charge in [-0.3, -0.25) is 9.59 Å². The Bertz CT molecular complexity index is 897. The van der Waals surface area contributed by atoms with Crippen molar-refractivity contribution in [1.82, 2.24) is 10.2 Å². The fraction of sp³-hybridized carbons (Fsp3) is 0.318. The van der Waals surface area contributed by atoms with Gasteiger partial charge >= 0.3 is 5.97 Å². The van der Waals surface area contributed by atoms with Crippen LogP contribution in [0.4, 0.5) is 0 Å². The van der Waals surface area contributed by atoms with E-state index in [9.17, 15) is 19.5 Å². The number of methoxy groups -OCH3 is 1. The molecular weight excluding hydrogens is 372 g/mol. The summed E-state index contributed by atoms with van der Waals surface area (Å²) < 4.78 is 5.04. The number of ether oxygens (including phenoxy) is 1. The largest absolute Gasteiger partial charge is 0.496 e. The molecule has 2 N–H and O–H groups in total. The molecule has 7 nitrogen and oxygen atoms in total. The lowest BCUT2D eigenvalue weighted by molar-refractivity contribution is -0.129. The van der Waals surface area contributed by atoms with Crippen LogP contribution in [-0.4, -0.2) is 48.0 Å². The molecule has 152 valence electrons. The van der Waals surface area contributed by atoms with E-state index in [4.69, 9.17) is 4.74 Å². The molecule has 29 heavy (non-hydrogen) atoms. The molecule has 1 fully saturated rings. The van der Waals surface area contributed by atoms with Gasteiger partial charge in [0.25, 0.3) is 0 Å². The first kappa shape index (κ1) is 20.4. The molecule has 0 aliphatic carbocycles. The van der Waals surface area contributed by atoms with Crippen LogP contribution in [0.1, 0.15) is 27.9 Å². The lowest BCUT2D eigenvalue weighted by atomic mass is 10.1. The number of likely N-dealkylation sites (tertiary alicyclic amines) is 1. The lowest BCUT2D eigenvalue weighted by Gasteiger charge is -2.16. The van der Waals surface area contributed by atoms with Crippen LogP contribution in [0.3, 0.4) is 0 Å². The molecule has 0 bridgehead atoms. The Labute approximate surface area is 169 Å². The predicted octanol–water partition coefficient (Wildman–Crippen LogP) is 2.10. The maximum atomic E-state index is 12.5. The Hall–Kier alpha value is -3.35. The van der Waals surface area contributed by atoms with E-state index in [0.717, 1.165) is 12.0 Å². The maximum absolute atomic E-state index is 12.5. The summed E-state index contributed by atoms with van der Waals surface area (Å²) in [7, 11) is 1.41. The highest BCUT2D eigenvalue weighted by molar-refractivity contribution is 5.91. The van der Waals surface area contributed by atoms with Crippen LogP contribution in [-0.2, 0) is 22.6 Å². The number of hydrogen-bond acceptors (Lipinski definition) is 4. The van der Waals surface area contributed by atoms with Crippen molar-refractivity contribution in [3.63, 3.8) is 0 Å². The summed E-state index contributed by atoms with van der Waals surface area (Å²) in [5.41, 5.74) is 1.85. The van der Waals surface area contributed by atoms with Crippen LogP contribution in [0.5, 0.6) is 5.75 Å². The van der Waals surface area contributed by atoms with Crippen molar-refractivity contribution < 1.29 is 24.2 Å². The van der Waals surface area contributed by atoms with Crippen molar-refractivity contribution >= 4 is 17.8 Å². The van der Waals surface area contributed by atoms with Crippen molar-refractivity contribution in [2.45, 2.75) is 19.4 Å². The molecule has 1 saturated heterocycles. The summed E-state index contributed by atoms with van der Waals surface area (Å²) in [6.07, 6.45) is 0.953. The zero-order valence-corrected chi connectivity index (χ0v) is 16.3. The van der Waals surface area contributed by atoms with E-state index in [1.54, 1.807) is 17.0 Å². The van der Waals surface area contributed by atoms with Gasteiger partial charge in [0.1, 0.15) is 11.3 Å². The Morgan fingerprint density at radius 1 is 1.17 bits per heavy atom. The Balaban J connectivity index is 1.53. The molecule has 3 rings (SSSR count). The minimum atomic E-state index is -1.09. The molecule has 0 spiro atoms. The molecule has 7 heteroatoms. The molecule has 2 aromatic rings. The van der Waals surface area contributed by atoms with Gasteiger partial charge in [-0.2, -0.15) is 0 Å². The fourth-order valence-corrected chi connectivity index (χ4v) is 3.44. The second-order valence-corrected chi connectivity index (χ2v) is 7.03. The first-order valence-electron chi connectivity index (χ1n) is 9.47. The van der Waals surface area contributed by atoms with E-state index < -0.39 is 11.9 Å². The quantitative estimate of drug-likeness (QED) is 0.712. The van der Waals surface area contributed by atoms with Crippen molar-refractivity contribution in [1.29, 1.82) is 0 Å². The van der Waals surface area contributed by atoms with Gasteiger partial charge in [0.15, 0.2) is 0 Å². The van der Waals surface area contributed by atoms with E-state index in [0.29, 0.717) is 18.7 Å². The third kappa shape index (κ3) is 5.13. The van der Waals surface area contributed by atoms with Gasteiger partial charge < -0.3 is 20.1 Å². The standard InChI is InChI=1S/C22H24N2O5/c1-29-19-8-7-16(11-18(19)22(27)28)13-23-21(26)17-12-20(25)24(14-17)10-9-15-5-3-2-4-6-15/h2-8,11,17H,9-10,12-14H2,1H3,(H,23,26)(H,27,28)/t17-/m0/s1. The summed E-state index contributed by atoms with van der Waals surface area (Å²) in [5.74, 6) is -1.43. The highest BCUT2D eigenvalue weighted by Crippen LogP contribution is 2.21. The number of nitrogens with one attached hydrogen (secondary N) is 1. The zero-order chi connectivity index (χ0) is 20.8. The van der Waals surface area contributed by atoms with E-state index in [2.05, 4.69) is 5.32 Å². The van der Waals surface area contributed by atoms with Crippen LogP contribution < -0.4 is 10.1 Å². The highest BCUT2D eigenvalue weighted by Gasteiger charge is 2.33. The fourth-order valence-electron chi connectivity index (χ4n) is 3.44. The molecule has 1 heterocycles. The van der Waals surface area contributed by atoms with Crippen molar-refractivity contribution in [2.24, 2.45) is 5.92 Å². The monoisotopic (exact) mass is 396 g/mol. The van der Waals surface area contributed by atoms with Crippen LogP contribution in [0.15, 0.2) is 48.5 Å². The first-order valence-corrected chi connectivity index (χ1v) is 9.47. The summed E-state index contributed by atoms with van der Waals surface area (Å²) in [4.78, 5) is 37.8. The predicted molar refractivity (Wildman–Crippen MR) is 107 cm³/mol. The third-order valence-corrected chi connectivity index (χ3v) is 5.06. The number of hydrogen-bond donors (Lipinski definition) is 2. The second kappa shape index (κ2) is 9.23. The van der Waals surface area contributed by atoms with Crippen LogP contribution in [0.2, 0.25) is 0 Å². The number of carbonyl (C=O) groups excluding carboxylic acids is 2. The molecule has 2 amide bonds. The van der Waals surface area contributed by atoms with Gasteiger partial charge in [-0.05, 0) is 29.7 Å². The zero-order valence-electron chi connectivity index (χ0n) is 16.3. The van der Waals surface area contributed by atoms with E-state index >= 15 is 0 Å². The lowest BCUT2D eigenvalue weighted by Crippen LogP contribution is -2.33. The van der Waals surface area contributed by atoms with Gasteiger partial charge in [-0.1, -0.05) is 36.4 Å². The Kier molecular flexibility index (Phi) is 6.49. The molecule has 1 aliphatic rings. The van der Waals surface area contributed by atoms with Gasteiger partial charge in [-0.25, -0.2) is 4.79 Å². The molecule has 0 aromatic heterocycles. The van der Waals surface area contributed by atoms with E-state index in [1.165, 1.54) is 13.2 Å². The van der Waals surface area contributed by atoms with Crippen molar-refractivity contribution in [3.05, 3.63) is 65.2 Å². The van der Waals surface area contributed by atoms with Crippen LogP contribution in [0, 0.1) is 5.92 Å². The molecule has 0 radical (unpaired) electrons. The van der Waals surface area contributed by atoms with E-state index in [1.807, 2.05) is 30.3 Å². The highest BCUT2D eigenvalue weighted by atomic mass is 16.5. The number of aromatic carboxylic acids is 1. The van der Waals surface area contributed by atoms with Gasteiger partial charge in [-0.15, -0.1) is 0 Å². The summed E-state index contributed by atoms with van der Waals surface area (Å²) in [6, 6.07) is 14.7. The number of benzene rings is 2. The molecule has 0 saturated carbocycles. The Morgan fingerprint density at radius 3 is 2.62 bits per heavy atom. The molecule has 0 unspecified atom stereocenters. The molecule has 2 aromatic carbocycles. The molecule has 1 atom stereocenters. The van der Waals surface area contributed by atoms with Gasteiger partial charge in [0, 0.05) is 26.1 Å². The number of carboxylic acid groups (broad SMARTS) is 1. The van der Waals surface area contributed by atoms with Gasteiger partial charge in [0.05, 0.1) is 13.0 Å². The smallest absolute Gasteiger partial charge is 0.339 e. The normalized spacial score (nSPS) is 16.0. The molecular formula is C22H24N2O5. The van der Waals surface area contributed by atoms with Crippen molar-refractivity contribution in [2.75, 3.05) is 20.2 Å². The molecule has 1 aliphatic heterocycles. The first-order chi connectivity index (χ1) is 14.0. The number of carbonyl (C=O) groups is 3. The average molecular weight is 396 g/mol. The number of amides is 2. The summed E-state index contributed by atoms with van der Waals surface area (Å²) in [6.45, 7) is 1.19. The van der Waals surface area contributed by atoms with Crippen LogP contribution in [0.25, 0.3) is 0 Å². The minimum absolute atomic E-state index is 0.0151. The minimum Gasteiger partial charge on any atom is -0.496 e.